The maximum atomic E-state index is 6.02. The molecule has 0 saturated carbocycles. The molecule has 0 saturated heterocycles. The van der Waals surface area contributed by atoms with Crippen LogP contribution >= 0.6 is 0 Å². The van der Waals surface area contributed by atoms with Gasteiger partial charge in [-0.15, -0.1) is 0 Å². The fourth-order valence-electron chi connectivity index (χ4n) is 2.20. The zero-order valence-corrected chi connectivity index (χ0v) is 21.4. The summed E-state index contributed by atoms with van der Waals surface area (Å²) in [6.07, 6.45) is 1.13. The van der Waals surface area contributed by atoms with Crippen molar-refractivity contribution in [2.45, 2.75) is 52.1 Å². The average molecular weight is 396 g/mol. The number of nitrogens with zero attached hydrogens (tertiary/aromatic N) is 2. The molecule has 0 aromatic rings. The highest BCUT2D eigenvalue weighted by Crippen LogP contribution is 2.15. The standard InChI is InChI=1S/C12H30N2O2Si.C4H15NSi2/c1-7-12-17(6,15-10-8-13(2)3)16-11-9-14(4)5;1-6(2)5-7(3)4/h7-12H2,1-6H3;5-7H,1-4H3. The summed E-state index contributed by atoms with van der Waals surface area (Å²) in [6, 6.07) is 1.08. The van der Waals surface area contributed by atoms with Gasteiger partial charge >= 0.3 is 8.56 Å². The van der Waals surface area contributed by atoms with Crippen LogP contribution < -0.4 is 4.65 Å². The molecule has 0 aromatic carbocycles. The summed E-state index contributed by atoms with van der Waals surface area (Å²) in [5, 5.41) is 0. The number of rotatable bonds is 12. The van der Waals surface area contributed by atoms with E-state index in [4.69, 9.17) is 8.85 Å². The van der Waals surface area contributed by atoms with E-state index < -0.39 is 26.5 Å². The lowest BCUT2D eigenvalue weighted by Gasteiger charge is -2.28. The van der Waals surface area contributed by atoms with Crippen molar-refractivity contribution < 1.29 is 8.85 Å². The first-order valence-electron chi connectivity index (χ1n) is 9.35. The van der Waals surface area contributed by atoms with Crippen LogP contribution in [0.1, 0.15) is 13.3 Å². The van der Waals surface area contributed by atoms with E-state index >= 15 is 0 Å². The SMILES string of the molecule is CCC[Si](C)(OCCN(C)C)OCCN(C)C.C[SiH](C)N[SiH](C)C. The summed E-state index contributed by atoms with van der Waals surface area (Å²) >= 11 is 0. The molecule has 0 amide bonds. The van der Waals surface area contributed by atoms with E-state index in [1.165, 1.54) is 0 Å². The van der Waals surface area contributed by atoms with Crippen LogP contribution in [0.5, 0.6) is 0 Å². The van der Waals surface area contributed by atoms with Crippen LogP contribution in [0.4, 0.5) is 0 Å². The monoisotopic (exact) mass is 395 g/mol. The normalized spacial score (nSPS) is 12.2. The number of hydrogen-bond acceptors (Lipinski definition) is 5. The van der Waals surface area contributed by atoms with Gasteiger partial charge in [0.1, 0.15) is 0 Å². The molecular weight excluding hydrogens is 350 g/mol. The molecule has 0 bridgehead atoms. The first kappa shape index (κ1) is 26.7. The Morgan fingerprint density at radius 1 is 0.833 bits per heavy atom. The maximum absolute atomic E-state index is 6.02. The Hall–Kier alpha value is 0.451. The summed E-state index contributed by atoms with van der Waals surface area (Å²) in [7, 11) is 5.49. The molecule has 0 aromatic heterocycles. The Kier molecular flexibility index (Phi) is 17.4. The highest BCUT2D eigenvalue weighted by molar-refractivity contribution is 6.70. The van der Waals surface area contributed by atoms with E-state index in [0.717, 1.165) is 38.8 Å². The van der Waals surface area contributed by atoms with Gasteiger partial charge in [0, 0.05) is 26.3 Å². The highest BCUT2D eigenvalue weighted by Gasteiger charge is 2.30. The molecule has 0 aliphatic rings. The summed E-state index contributed by atoms with van der Waals surface area (Å²) in [6.45, 7) is 17.2. The van der Waals surface area contributed by atoms with Gasteiger partial charge in [0.15, 0.2) is 0 Å². The lowest BCUT2D eigenvalue weighted by Crippen LogP contribution is -2.41. The molecule has 0 unspecified atom stereocenters. The van der Waals surface area contributed by atoms with Crippen molar-refractivity contribution in [2.75, 3.05) is 54.5 Å². The van der Waals surface area contributed by atoms with Gasteiger partial charge < -0.3 is 23.3 Å². The Morgan fingerprint density at radius 2 is 1.21 bits per heavy atom. The van der Waals surface area contributed by atoms with Gasteiger partial charge in [-0.1, -0.05) is 39.5 Å². The van der Waals surface area contributed by atoms with E-state index in [0.29, 0.717) is 0 Å². The lowest BCUT2D eigenvalue weighted by molar-refractivity contribution is 0.149. The van der Waals surface area contributed by atoms with Crippen LogP contribution in [0.2, 0.25) is 38.8 Å². The van der Waals surface area contributed by atoms with Crippen molar-refractivity contribution in [3.63, 3.8) is 0 Å². The number of nitrogens with one attached hydrogen (secondary N) is 1. The van der Waals surface area contributed by atoms with Crippen molar-refractivity contribution in [1.82, 2.24) is 14.4 Å². The van der Waals surface area contributed by atoms with Crippen molar-refractivity contribution in [2.24, 2.45) is 0 Å². The second-order valence-electron chi connectivity index (χ2n) is 7.66. The summed E-state index contributed by atoms with van der Waals surface area (Å²) < 4.78 is 15.6. The first-order chi connectivity index (χ1) is 11.0. The Morgan fingerprint density at radius 3 is 1.42 bits per heavy atom. The van der Waals surface area contributed by atoms with E-state index in [1.807, 2.05) is 0 Å². The van der Waals surface area contributed by atoms with Crippen LogP contribution in [0.15, 0.2) is 0 Å². The zero-order valence-electron chi connectivity index (χ0n) is 18.1. The lowest BCUT2D eigenvalue weighted by atomic mass is 10.6. The minimum absolute atomic E-state index is 0.417. The second kappa shape index (κ2) is 15.7. The molecule has 0 aliphatic heterocycles. The molecule has 0 rings (SSSR count). The minimum Gasteiger partial charge on any atom is -0.393 e. The maximum Gasteiger partial charge on any atom is 0.335 e. The number of hydrogen-bond donors (Lipinski definition) is 1. The Labute approximate surface area is 156 Å². The van der Waals surface area contributed by atoms with E-state index in [9.17, 15) is 0 Å². The third-order valence-corrected chi connectivity index (χ3v) is 11.6. The first-order valence-corrected chi connectivity index (χ1v) is 17.7. The predicted octanol–water partition coefficient (Wildman–Crippen LogP) is 2.17. The van der Waals surface area contributed by atoms with E-state index in [-0.39, 0.29) is 0 Å². The van der Waals surface area contributed by atoms with Crippen molar-refractivity contribution in [1.29, 1.82) is 0 Å². The zero-order chi connectivity index (χ0) is 19.2. The fraction of sp³-hybridized carbons (Fsp3) is 1.00. The molecule has 148 valence electrons. The molecule has 0 aliphatic carbocycles. The fourth-order valence-corrected chi connectivity index (χ4v) is 9.85. The third-order valence-electron chi connectivity index (χ3n) is 3.26. The van der Waals surface area contributed by atoms with Crippen LogP contribution in [0.3, 0.4) is 0 Å². The summed E-state index contributed by atoms with van der Waals surface area (Å²) in [5.74, 6) is 0. The van der Waals surface area contributed by atoms with Gasteiger partial charge in [-0.3, -0.25) is 0 Å². The van der Waals surface area contributed by atoms with E-state index in [1.54, 1.807) is 0 Å². The molecule has 5 nitrogen and oxygen atoms in total. The van der Waals surface area contributed by atoms with Gasteiger partial charge in [-0.25, -0.2) is 0 Å². The molecule has 8 heteroatoms. The van der Waals surface area contributed by atoms with Gasteiger partial charge in [0.25, 0.3) is 0 Å². The smallest absolute Gasteiger partial charge is 0.335 e. The molecule has 0 heterocycles. The molecule has 0 fully saturated rings. The Balaban J connectivity index is 0. The van der Waals surface area contributed by atoms with Crippen molar-refractivity contribution in [3.05, 3.63) is 0 Å². The van der Waals surface area contributed by atoms with Crippen molar-refractivity contribution in [3.8, 4) is 0 Å². The largest absolute Gasteiger partial charge is 0.393 e. The highest BCUT2D eigenvalue weighted by atomic mass is 28.4. The topological polar surface area (TPSA) is 37.0 Å². The molecule has 0 radical (unpaired) electrons. The van der Waals surface area contributed by atoms with Crippen LogP contribution in [-0.4, -0.2) is 90.8 Å². The second-order valence-corrected chi connectivity index (χ2v) is 17.0. The minimum atomic E-state index is -1.94. The quantitative estimate of drug-likeness (QED) is 0.513. The molecule has 1 N–H and O–H groups in total. The summed E-state index contributed by atoms with van der Waals surface area (Å²) in [4.78, 5) is 4.28. The van der Waals surface area contributed by atoms with Crippen LogP contribution in [0, 0.1) is 0 Å². The van der Waals surface area contributed by atoms with E-state index in [2.05, 4.69) is 82.3 Å². The predicted molar refractivity (Wildman–Crippen MR) is 117 cm³/mol. The molecular formula is C16H45N3O2Si3. The van der Waals surface area contributed by atoms with Gasteiger partial charge in [0.2, 0.25) is 0 Å². The average Bonchev–Trinajstić information content (AvgIpc) is 2.36. The van der Waals surface area contributed by atoms with Crippen LogP contribution in [-0.2, 0) is 8.85 Å². The number of likely N-dealkylation sites (N-methyl/N-ethyl adjacent to an activating group) is 2. The van der Waals surface area contributed by atoms with Crippen LogP contribution in [0.25, 0.3) is 0 Å². The van der Waals surface area contributed by atoms with Crippen molar-refractivity contribution >= 4 is 26.5 Å². The molecule has 0 atom stereocenters. The summed E-state index contributed by atoms with van der Waals surface area (Å²) in [5.41, 5.74) is 0. The van der Waals surface area contributed by atoms with Gasteiger partial charge in [-0.2, -0.15) is 0 Å². The van der Waals surface area contributed by atoms with Gasteiger partial charge in [-0.05, 0) is 40.8 Å². The van der Waals surface area contributed by atoms with Gasteiger partial charge in [0.05, 0.1) is 17.9 Å². The molecule has 24 heavy (non-hydrogen) atoms. The third kappa shape index (κ3) is 20.5. The Bertz CT molecular complexity index is 261. The molecule has 0 spiro atoms.